The molecule has 2 amide bonds. The van der Waals surface area contributed by atoms with Crippen LogP contribution in [0.4, 0.5) is 0 Å². The molecule has 1 rings (SSSR count). The first-order valence-corrected chi connectivity index (χ1v) is 7.13. The van der Waals surface area contributed by atoms with Gasteiger partial charge in [-0.05, 0) is 6.42 Å². The van der Waals surface area contributed by atoms with Gasteiger partial charge >= 0.3 is 0 Å². The standard InChI is InChI=1S/C13H26N4O3/c1-3-4-15-12(18)10-16-5-7-17(8-6-16)13(19)11(9-14)20-2/h11H,3-10,14H2,1-2H3,(H,15,18). The summed E-state index contributed by atoms with van der Waals surface area (Å²) in [6.07, 6.45) is 0.375. The number of nitrogens with one attached hydrogen (secondary N) is 1. The monoisotopic (exact) mass is 286 g/mol. The lowest BCUT2D eigenvalue weighted by molar-refractivity contribution is -0.143. The van der Waals surface area contributed by atoms with Crippen LogP contribution in [0.25, 0.3) is 0 Å². The van der Waals surface area contributed by atoms with Gasteiger partial charge in [0.15, 0.2) is 0 Å². The van der Waals surface area contributed by atoms with Gasteiger partial charge in [-0.25, -0.2) is 0 Å². The Balaban J connectivity index is 2.32. The Hall–Kier alpha value is -1.18. The van der Waals surface area contributed by atoms with Crippen molar-refractivity contribution < 1.29 is 14.3 Å². The molecule has 1 atom stereocenters. The van der Waals surface area contributed by atoms with Crippen LogP contribution in [0.2, 0.25) is 0 Å². The van der Waals surface area contributed by atoms with Crippen LogP contribution in [0.15, 0.2) is 0 Å². The predicted molar refractivity (Wildman–Crippen MR) is 76.2 cm³/mol. The van der Waals surface area contributed by atoms with E-state index in [1.54, 1.807) is 4.90 Å². The summed E-state index contributed by atoms with van der Waals surface area (Å²) in [5.41, 5.74) is 5.49. The topological polar surface area (TPSA) is 87.9 Å². The average molecular weight is 286 g/mol. The Morgan fingerprint density at radius 2 is 1.95 bits per heavy atom. The zero-order chi connectivity index (χ0) is 15.0. The van der Waals surface area contributed by atoms with E-state index in [1.807, 2.05) is 6.92 Å². The molecule has 0 aromatic carbocycles. The number of hydrogen-bond acceptors (Lipinski definition) is 5. The third-order valence-electron chi connectivity index (χ3n) is 3.40. The largest absolute Gasteiger partial charge is 0.370 e. The number of carbonyl (C=O) groups excluding carboxylic acids is 2. The number of carbonyl (C=O) groups is 2. The quantitative estimate of drug-likeness (QED) is 0.603. The summed E-state index contributed by atoms with van der Waals surface area (Å²) in [5, 5.41) is 2.85. The summed E-state index contributed by atoms with van der Waals surface area (Å²) in [6, 6.07) is 0. The Labute approximate surface area is 120 Å². The number of hydrogen-bond donors (Lipinski definition) is 2. The van der Waals surface area contributed by atoms with E-state index < -0.39 is 6.10 Å². The molecule has 116 valence electrons. The molecule has 1 unspecified atom stereocenters. The van der Waals surface area contributed by atoms with Gasteiger partial charge in [-0.3, -0.25) is 14.5 Å². The van der Waals surface area contributed by atoms with Crippen molar-refractivity contribution in [3.05, 3.63) is 0 Å². The van der Waals surface area contributed by atoms with Gasteiger partial charge in [0.05, 0.1) is 6.54 Å². The Bertz CT molecular complexity index is 313. The lowest BCUT2D eigenvalue weighted by Crippen LogP contribution is -2.54. The molecule has 1 aliphatic heterocycles. The normalized spacial score (nSPS) is 17.9. The second-order valence-electron chi connectivity index (χ2n) is 4.91. The number of piperazine rings is 1. The van der Waals surface area contributed by atoms with Gasteiger partial charge < -0.3 is 20.7 Å². The summed E-state index contributed by atoms with van der Waals surface area (Å²) in [5.74, 6) is -0.0200. The third-order valence-corrected chi connectivity index (χ3v) is 3.40. The second kappa shape index (κ2) is 8.89. The van der Waals surface area contributed by atoms with Crippen LogP contribution in [0.3, 0.4) is 0 Å². The first kappa shape index (κ1) is 16.9. The Kier molecular flexibility index (Phi) is 7.50. The molecule has 1 heterocycles. The smallest absolute Gasteiger partial charge is 0.253 e. The fourth-order valence-electron chi connectivity index (χ4n) is 2.15. The molecule has 0 aromatic heterocycles. The van der Waals surface area contributed by atoms with Crippen molar-refractivity contribution in [2.75, 3.05) is 52.9 Å². The Morgan fingerprint density at radius 3 is 2.45 bits per heavy atom. The average Bonchev–Trinajstić information content (AvgIpc) is 2.47. The van der Waals surface area contributed by atoms with E-state index in [9.17, 15) is 9.59 Å². The van der Waals surface area contributed by atoms with Crippen LogP contribution in [-0.2, 0) is 14.3 Å². The number of amides is 2. The molecule has 0 aromatic rings. The Morgan fingerprint density at radius 1 is 1.30 bits per heavy atom. The van der Waals surface area contributed by atoms with E-state index in [0.717, 1.165) is 6.42 Å². The minimum atomic E-state index is -0.561. The van der Waals surface area contributed by atoms with Crippen LogP contribution >= 0.6 is 0 Å². The van der Waals surface area contributed by atoms with Crippen molar-refractivity contribution in [2.45, 2.75) is 19.4 Å². The van der Waals surface area contributed by atoms with Crippen molar-refractivity contribution in [3.63, 3.8) is 0 Å². The number of nitrogens with two attached hydrogens (primary N) is 1. The summed E-state index contributed by atoms with van der Waals surface area (Å²) in [6.45, 7) is 5.94. The van der Waals surface area contributed by atoms with E-state index in [-0.39, 0.29) is 18.4 Å². The molecule has 0 radical (unpaired) electrons. The van der Waals surface area contributed by atoms with Crippen molar-refractivity contribution >= 4 is 11.8 Å². The first-order valence-electron chi connectivity index (χ1n) is 7.13. The van der Waals surface area contributed by atoms with E-state index in [4.69, 9.17) is 10.5 Å². The number of nitrogens with zero attached hydrogens (tertiary/aromatic N) is 2. The number of ether oxygens (including phenoxy) is 1. The fraction of sp³-hybridized carbons (Fsp3) is 0.846. The van der Waals surface area contributed by atoms with Crippen LogP contribution in [0.5, 0.6) is 0 Å². The van der Waals surface area contributed by atoms with Gasteiger partial charge in [0, 0.05) is 46.4 Å². The highest BCUT2D eigenvalue weighted by Gasteiger charge is 2.26. The molecule has 1 aliphatic rings. The van der Waals surface area contributed by atoms with E-state index in [2.05, 4.69) is 10.2 Å². The molecule has 20 heavy (non-hydrogen) atoms. The molecule has 7 nitrogen and oxygen atoms in total. The van der Waals surface area contributed by atoms with Gasteiger partial charge in [0.2, 0.25) is 5.91 Å². The van der Waals surface area contributed by atoms with Crippen LogP contribution in [0.1, 0.15) is 13.3 Å². The maximum absolute atomic E-state index is 12.1. The highest BCUT2D eigenvalue weighted by Crippen LogP contribution is 2.05. The minimum absolute atomic E-state index is 0.0448. The molecule has 1 fully saturated rings. The summed E-state index contributed by atoms with van der Waals surface area (Å²) < 4.78 is 5.06. The van der Waals surface area contributed by atoms with Crippen LogP contribution in [0, 0.1) is 0 Å². The molecule has 0 saturated carbocycles. The summed E-state index contributed by atoms with van der Waals surface area (Å²) in [7, 11) is 1.49. The van der Waals surface area contributed by atoms with E-state index in [1.165, 1.54) is 7.11 Å². The zero-order valence-corrected chi connectivity index (χ0v) is 12.4. The summed E-state index contributed by atoms with van der Waals surface area (Å²) in [4.78, 5) is 27.5. The molecule has 3 N–H and O–H groups in total. The van der Waals surface area contributed by atoms with Crippen molar-refractivity contribution in [1.82, 2.24) is 15.1 Å². The molecule has 0 spiro atoms. The molecular weight excluding hydrogens is 260 g/mol. The van der Waals surface area contributed by atoms with E-state index >= 15 is 0 Å². The second-order valence-corrected chi connectivity index (χ2v) is 4.91. The fourth-order valence-corrected chi connectivity index (χ4v) is 2.15. The molecule has 7 heteroatoms. The summed E-state index contributed by atoms with van der Waals surface area (Å²) >= 11 is 0. The van der Waals surface area contributed by atoms with Crippen molar-refractivity contribution in [1.29, 1.82) is 0 Å². The van der Waals surface area contributed by atoms with Gasteiger partial charge in [-0.2, -0.15) is 0 Å². The highest BCUT2D eigenvalue weighted by molar-refractivity contribution is 5.81. The minimum Gasteiger partial charge on any atom is -0.370 e. The van der Waals surface area contributed by atoms with Crippen LogP contribution in [-0.4, -0.2) is 80.6 Å². The third kappa shape index (κ3) is 5.07. The first-order chi connectivity index (χ1) is 9.62. The number of methoxy groups -OCH3 is 1. The molecular formula is C13H26N4O3. The lowest BCUT2D eigenvalue weighted by Gasteiger charge is -2.35. The molecule has 1 saturated heterocycles. The van der Waals surface area contributed by atoms with Crippen molar-refractivity contribution in [3.8, 4) is 0 Å². The van der Waals surface area contributed by atoms with Gasteiger partial charge in [-0.15, -0.1) is 0 Å². The number of rotatable bonds is 7. The predicted octanol–water partition coefficient (Wildman–Crippen LogP) is -1.37. The highest BCUT2D eigenvalue weighted by atomic mass is 16.5. The van der Waals surface area contributed by atoms with Gasteiger partial charge in [-0.1, -0.05) is 6.92 Å². The van der Waals surface area contributed by atoms with Crippen LogP contribution < -0.4 is 11.1 Å². The van der Waals surface area contributed by atoms with Gasteiger partial charge in [0.25, 0.3) is 5.91 Å². The van der Waals surface area contributed by atoms with Gasteiger partial charge in [0.1, 0.15) is 6.10 Å². The zero-order valence-electron chi connectivity index (χ0n) is 12.4. The maximum atomic E-state index is 12.1. The SMILES string of the molecule is CCCNC(=O)CN1CCN(C(=O)C(CN)OC)CC1. The lowest BCUT2D eigenvalue weighted by atomic mass is 10.2. The molecule has 0 bridgehead atoms. The maximum Gasteiger partial charge on any atom is 0.253 e. The molecule has 0 aliphatic carbocycles. The van der Waals surface area contributed by atoms with E-state index in [0.29, 0.717) is 39.3 Å². The van der Waals surface area contributed by atoms with Crippen molar-refractivity contribution in [2.24, 2.45) is 5.73 Å².